The quantitative estimate of drug-likeness (QED) is 0.377. The molecule has 9 nitrogen and oxygen atoms in total. The van der Waals surface area contributed by atoms with Crippen molar-refractivity contribution in [2.45, 2.75) is 29.4 Å². The lowest BCUT2D eigenvalue weighted by Gasteiger charge is -2.24. The summed E-state index contributed by atoms with van der Waals surface area (Å²) in [7, 11) is -7.38. The van der Waals surface area contributed by atoms with Gasteiger partial charge in [-0.3, -0.25) is 9.59 Å². The molecule has 4 atom stereocenters. The number of hydrogen-bond donors (Lipinski definition) is 4. The fraction of sp³-hybridized carbons (Fsp3) is 0.263. The van der Waals surface area contributed by atoms with E-state index in [1.807, 2.05) is 0 Å². The van der Waals surface area contributed by atoms with Gasteiger partial charge in [0.25, 0.3) is 0 Å². The first-order valence-corrected chi connectivity index (χ1v) is 11.6. The van der Waals surface area contributed by atoms with E-state index in [1.54, 1.807) is 24.3 Å². The first-order valence-electron chi connectivity index (χ1n) is 8.85. The van der Waals surface area contributed by atoms with E-state index in [2.05, 4.69) is 4.72 Å². The molecule has 0 aliphatic rings. The second-order valence-corrected chi connectivity index (χ2v) is 9.41. The highest BCUT2D eigenvalue weighted by Crippen LogP contribution is 2.41. The van der Waals surface area contributed by atoms with Crippen LogP contribution in [0.2, 0.25) is 0 Å². The van der Waals surface area contributed by atoms with Crippen LogP contribution in [-0.2, 0) is 24.2 Å². The van der Waals surface area contributed by atoms with Crippen LogP contribution in [0.25, 0.3) is 0 Å². The number of benzene rings is 2. The Labute approximate surface area is 174 Å². The molecule has 0 fully saturated rings. The fourth-order valence-corrected chi connectivity index (χ4v) is 5.52. The van der Waals surface area contributed by atoms with Crippen molar-refractivity contribution >= 4 is 30.0 Å². The molecule has 0 aliphatic carbocycles. The average Bonchev–Trinajstić information content (AvgIpc) is 2.70. The minimum Gasteiger partial charge on any atom is -0.481 e. The van der Waals surface area contributed by atoms with Crippen molar-refractivity contribution in [3.8, 4) is 0 Å². The summed E-state index contributed by atoms with van der Waals surface area (Å²) in [6.45, 7) is 0. The molecule has 0 saturated heterocycles. The van der Waals surface area contributed by atoms with Gasteiger partial charge < -0.3 is 10.2 Å². The Morgan fingerprint density at radius 2 is 1.50 bits per heavy atom. The van der Waals surface area contributed by atoms with E-state index in [-0.39, 0.29) is 10.5 Å². The van der Waals surface area contributed by atoms with Crippen molar-refractivity contribution in [2.24, 2.45) is 5.92 Å². The molecule has 0 aromatic heterocycles. The maximum absolute atomic E-state index is 12.9. The van der Waals surface area contributed by atoms with Crippen LogP contribution in [0.3, 0.4) is 0 Å². The topological polar surface area (TPSA) is 158 Å². The van der Waals surface area contributed by atoms with Crippen molar-refractivity contribution in [3.63, 3.8) is 0 Å². The van der Waals surface area contributed by atoms with Crippen molar-refractivity contribution in [1.82, 2.24) is 4.72 Å². The van der Waals surface area contributed by atoms with Crippen LogP contribution in [0.15, 0.2) is 65.6 Å². The van der Waals surface area contributed by atoms with E-state index >= 15 is 0 Å². The lowest BCUT2D eigenvalue weighted by molar-refractivity contribution is -0.143. The molecule has 0 amide bonds. The second-order valence-electron chi connectivity index (χ2n) is 6.49. The van der Waals surface area contributed by atoms with Crippen molar-refractivity contribution in [1.29, 1.82) is 0 Å². The van der Waals surface area contributed by atoms with Gasteiger partial charge >= 0.3 is 20.0 Å². The van der Waals surface area contributed by atoms with Crippen LogP contribution in [0.1, 0.15) is 24.4 Å². The zero-order valence-corrected chi connectivity index (χ0v) is 17.4. The Kier molecular flexibility index (Phi) is 8.19. The molecule has 4 N–H and O–H groups in total. The SMILES string of the molecule is O=C(O)CCC(C(=O)O)C(C(NS(=O)(=O)c1ccccc1)c1ccccc1)[P+](=O)O. The van der Waals surface area contributed by atoms with Gasteiger partial charge in [0.2, 0.25) is 15.7 Å². The molecule has 0 bridgehead atoms. The number of carboxylic acid groups (broad SMARTS) is 2. The smallest absolute Gasteiger partial charge is 0.481 e. The Balaban J connectivity index is 2.54. The van der Waals surface area contributed by atoms with E-state index in [0.29, 0.717) is 0 Å². The molecule has 0 radical (unpaired) electrons. The lowest BCUT2D eigenvalue weighted by atomic mass is 9.91. The van der Waals surface area contributed by atoms with Gasteiger partial charge in [-0.25, -0.2) is 8.42 Å². The first kappa shape index (κ1) is 23.6. The summed E-state index contributed by atoms with van der Waals surface area (Å²) in [5.74, 6) is -4.33. The number of sulfonamides is 1. The molecule has 2 aromatic carbocycles. The van der Waals surface area contributed by atoms with Crippen LogP contribution >= 0.6 is 8.03 Å². The van der Waals surface area contributed by atoms with Gasteiger partial charge in [0.15, 0.2) is 0 Å². The predicted molar refractivity (Wildman–Crippen MR) is 108 cm³/mol. The largest absolute Gasteiger partial charge is 0.511 e. The number of rotatable bonds is 11. The average molecular weight is 454 g/mol. The van der Waals surface area contributed by atoms with Gasteiger partial charge in [-0.1, -0.05) is 48.5 Å². The summed E-state index contributed by atoms with van der Waals surface area (Å²) in [6, 6.07) is 13.7. The summed E-state index contributed by atoms with van der Waals surface area (Å²) in [5, 5.41) is 18.5. The van der Waals surface area contributed by atoms with E-state index in [1.165, 1.54) is 36.4 Å². The number of hydrogen-bond acceptors (Lipinski definition) is 5. The van der Waals surface area contributed by atoms with E-state index in [9.17, 15) is 32.6 Å². The summed E-state index contributed by atoms with van der Waals surface area (Å²) in [6.07, 6.45) is -0.989. The molecule has 0 saturated carbocycles. The normalized spacial score (nSPS) is 15.0. The van der Waals surface area contributed by atoms with Crippen molar-refractivity contribution in [2.75, 3.05) is 0 Å². The maximum atomic E-state index is 12.9. The number of carboxylic acids is 2. The predicted octanol–water partition coefficient (Wildman–Crippen LogP) is 2.38. The van der Waals surface area contributed by atoms with Crippen LogP contribution < -0.4 is 4.72 Å². The van der Waals surface area contributed by atoms with Crippen LogP contribution in [0.5, 0.6) is 0 Å². The van der Waals surface area contributed by atoms with Gasteiger partial charge in [0.1, 0.15) is 5.92 Å². The summed E-state index contributed by atoms with van der Waals surface area (Å²) in [4.78, 5) is 32.6. The van der Waals surface area contributed by atoms with Gasteiger partial charge in [0, 0.05) is 6.42 Å². The molecule has 11 heteroatoms. The number of aliphatic carboxylic acids is 2. The second kappa shape index (κ2) is 10.4. The van der Waals surface area contributed by atoms with E-state index in [4.69, 9.17) is 5.11 Å². The molecule has 0 aliphatic heterocycles. The third-order valence-corrected chi connectivity index (χ3v) is 7.11. The Morgan fingerprint density at radius 1 is 0.967 bits per heavy atom. The molecular weight excluding hydrogens is 433 g/mol. The van der Waals surface area contributed by atoms with Crippen LogP contribution in [0, 0.1) is 5.92 Å². The third kappa shape index (κ3) is 6.17. The lowest BCUT2D eigenvalue weighted by Crippen LogP contribution is -2.41. The molecule has 2 rings (SSSR count). The zero-order chi connectivity index (χ0) is 22.3. The standard InChI is InChI=1S/C19H20NO8PS/c21-16(22)12-11-15(19(23)24)18(29(25)26)17(13-7-3-1-4-8-13)20-30(27,28)14-9-5-2-6-10-14/h1-10,15,17-18,20H,11-12H2,(H2-,21,22,23,24,25,26)/p+1. The third-order valence-electron chi connectivity index (χ3n) is 4.49. The zero-order valence-electron chi connectivity index (χ0n) is 15.7. The molecular formula is C19H21NO8PS+. The molecule has 0 spiro atoms. The highest BCUT2D eigenvalue weighted by molar-refractivity contribution is 7.89. The van der Waals surface area contributed by atoms with Gasteiger partial charge in [-0.2, -0.15) is 9.62 Å². The monoisotopic (exact) mass is 454 g/mol. The van der Waals surface area contributed by atoms with Gasteiger partial charge in [0.05, 0.1) is 10.9 Å². The maximum Gasteiger partial charge on any atom is 0.511 e. The van der Waals surface area contributed by atoms with Gasteiger partial charge in [-0.05, 0) is 28.7 Å². The fourth-order valence-electron chi connectivity index (χ4n) is 3.06. The Hall–Kier alpha value is -2.65. The molecule has 30 heavy (non-hydrogen) atoms. The number of carbonyl (C=O) groups is 2. The van der Waals surface area contributed by atoms with Crippen molar-refractivity contribution < 1.29 is 37.7 Å². The molecule has 2 aromatic rings. The van der Waals surface area contributed by atoms with Crippen LogP contribution in [-0.4, -0.2) is 41.1 Å². The molecule has 0 heterocycles. The van der Waals surface area contributed by atoms with Crippen LogP contribution in [0.4, 0.5) is 0 Å². The number of nitrogens with one attached hydrogen (secondary N) is 1. The first-order chi connectivity index (χ1) is 14.1. The summed E-state index contributed by atoms with van der Waals surface area (Å²) < 4.78 is 40.3. The highest BCUT2D eigenvalue weighted by atomic mass is 32.2. The Morgan fingerprint density at radius 3 is 1.97 bits per heavy atom. The summed E-state index contributed by atoms with van der Waals surface area (Å²) in [5.41, 5.74) is -1.32. The molecule has 4 unspecified atom stereocenters. The minimum atomic E-state index is -4.18. The minimum absolute atomic E-state index is 0.102. The van der Waals surface area contributed by atoms with Gasteiger partial charge in [-0.15, -0.1) is 0 Å². The summed E-state index contributed by atoms with van der Waals surface area (Å²) >= 11 is 0. The Bertz CT molecular complexity index is 998. The van der Waals surface area contributed by atoms with E-state index < -0.39 is 60.5 Å². The highest BCUT2D eigenvalue weighted by Gasteiger charge is 2.49. The van der Waals surface area contributed by atoms with Crippen molar-refractivity contribution in [3.05, 3.63) is 66.2 Å². The van der Waals surface area contributed by atoms with E-state index in [0.717, 1.165) is 0 Å². The molecule has 160 valence electrons.